The molecular weight excluding hydrogens is 388 g/mol. The number of benzene rings is 2. The Morgan fingerprint density at radius 1 is 1.07 bits per heavy atom. The predicted molar refractivity (Wildman–Crippen MR) is 101 cm³/mol. The van der Waals surface area contributed by atoms with Gasteiger partial charge in [-0.3, -0.25) is 4.57 Å². The van der Waals surface area contributed by atoms with Crippen LogP contribution in [0.5, 0.6) is 5.75 Å². The van der Waals surface area contributed by atoms with Crippen LogP contribution in [0.4, 0.5) is 23.2 Å². The molecule has 1 aliphatic rings. The molecule has 0 amide bonds. The number of imidazole rings is 1. The number of aromatic nitrogens is 2. The third-order valence-electron chi connectivity index (χ3n) is 4.43. The highest BCUT2D eigenvalue weighted by Crippen LogP contribution is 2.33. The first-order valence-electron chi connectivity index (χ1n) is 8.86. The third kappa shape index (κ3) is 3.80. The fourth-order valence-corrected chi connectivity index (χ4v) is 3.26. The van der Waals surface area contributed by atoms with E-state index < -0.39 is 18.5 Å². The molecule has 0 saturated heterocycles. The van der Waals surface area contributed by atoms with Gasteiger partial charge in [0.05, 0.1) is 17.2 Å². The van der Waals surface area contributed by atoms with E-state index in [9.17, 15) is 17.6 Å². The van der Waals surface area contributed by atoms with Crippen LogP contribution in [0.3, 0.4) is 0 Å². The largest absolute Gasteiger partial charge is 0.573 e. The number of aryl methyl sites for hydroxylation is 1. The lowest BCUT2D eigenvalue weighted by Gasteiger charge is -2.32. The molecule has 0 aliphatic carbocycles. The molecule has 1 atom stereocenters. The molecule has 0 saturated carbocycles. The quantitative estimate of drug-likeness (QED) is 0.550. The molecule has 1 aromatic heterocycles. The van der Waals surface area contributed by atoms with Crippen molar-refractivity contribution in [3.63, 3.8) is 0 Å². The van der Waals surface area contributed by atoms with Crippen molar-refractivity contribution in [3.05, 3.63) is 66.4 Å². The van der Waals surface area contributed by atoms with E-state index in [0.29, 0.717) is 12.1 Å². The number of aliphatic imine (C=N–C) groups is 1. The first-order chi connectivity index (χ1) is 13.9. The minimum Gasteiger partial charge on any atom is -0.406 e. The molecule has 4 rings (SSSR count). The normalized spacial score (nSPS) is 16.9. The highest BCUT2D eigenvalue weighted by Gasteiger charge is 2.31. The summed E-state index contributed by atoms with van der Waals surface area (Å²) in [5.74, 6) is -0.171. The number of halogens is 4. The van der Waals surface area contributed by atoms with E-state index in [4.69, 9.17) is 0 Å². The second-order valence-electron chi connectivity index (χ2n) is 6.33. The number of fused-ring (bicyclic) bond motifs is 1. The summed E-state index contributed by atoms with van der Waals surface area (Å²) in [6, 6.07) is 12.7. The van der Waals surface area contributed by atoms with Gasteiger partial charge in [0.1, 0.15) is 11.6 Å². The number of allylic oxidation sites excluding steroid dienone is 1. The lowest BCUT2D eigenvalue weighted by molar-refractivity contribution is -0.274. The topological polar surface area (TPSA) is 42.7 Å². The van der Waals surface area contributed by atoms with Gasteiger partial charge in [-0.1, -0.05) is 19.1 Å². The average molecular weight is 404 g/mol. The molecule has 0 fully saturated rings. The maximum atomic E-state index is 14.0. The predicted octanol–water partition coefficient (Wildman–Crippen LogP) is 5.36. The number of ether oxygens (including phenoxy) is 1. The van der Waals surface area contributed by atoms with Gasteiger partial charge in [0.2, 0.25) is 6.29 Å². The molecule has 0 N–H and O–H groups in total. The number of para-hydroxylation sites is 2. The van der Waals surface area contributed by atoms with Crippen molar-refractivity contribution >= 4 is 22.9 Å². The first kappa shape index (κ1) is 19.0. The van der Waals surface area contributed by atoms with Crippen LogP contribution in [0.2, 0.25) is 0 Å². The summed E-state index contributed by atoms with van der Waals surface area (Å²) >= 11 is 0. The first-order valence-corrected chi connectivity index (χ1v) is 8.86. The van der Waals surface area contributed by atoms with Gasteiger partial charge < -0.3 is 9.64 Å². The van der Waals surface area contributed by atoms with Gasteiger partial charge in [-0.2, -0.15) is 0 Å². The maximum absolute atomic E-state index is 14.0. The minimum absolute atomic E-state index is 0.356. The SMILES string of the molecule is CCc1nc2ccccc2n1C1N=CC(F)=CN1c1ccc(OC(F)(F)F)cc1. The zero-order valence-corrected chi connectivity index (χ0v) is 15.3. The Labute approximate surface area is 163 Å². The van der Waals surface area contributed by atoms with Gasteiger partial charge in [-0.05, 0) is 36.4 Å². The van der Waals surface area contributed by atoms with E-state index in [1.165, 1.54) is 30.5 Å². The number of rotatable bonds is 4. The molecule has 3 aromatic rings. The molecule has 1 aliphatic heterocycles. The molecule has 150 valence electrons. The minimum atomic E-state index is -4.78. The number of nitrogens with zero attached hydrogens (tertiary/aromatic N) is 4. The summed E-state index contributed by atoms with van der Waals surface area (Å²) in [6.45, 7) is 1.95. The van der Waals surface area contributed by atoms with Crippen molar-refractivity contribution in [2.24, 2.45) is 4.99 Å². The summed E-state index contributed by atoms with van der Waals surface area (Å²) < 4.78 is 57.0. The molecule has 2 heterocycles. The van der Waals surface area contributed by atoms with Crippen molar-refractivity contribution in [2.75, 3.05) is 4.90 Å². The van der Waals surface area contributed by atoms with Gasteiger partial charge in [0, 0.05) is 18.3 Å². The molecule has 9 heteroatoms. The van der Waals surface area contributed by atoms with Crippen LogP contribution < -0.4 is 9.64 Å². The Morgan fingerprint density at radius 3 is 2.48 bits per heavy atom. The highest BCUT2D eigenvalue weighted by molar-refractivity contribution is 5.80. The van der Waals surface area contributed by atoms with Crippen molar-refractivity contribution < 1.29 is 22.3 Å². The molecule has 0 bridgehead atoms. The van der Waals surface area contributed by atoms with Crippen molar-refractivity contribution in [1.82, 2.24) is 9.55 Å². The average Bonchev–Trinajstić information content (AvgIpc) is 3.06. The Balaban J connectivity index is 1.76. The molecule has 0 spiro atoms. The smallest absolute Gasteiger partial charge is 0.406 e. The van der Waals surface area contributed by atoms with E-state index in [2.05, 4.69) is 14.7 Å². The second kappa shape index (κ2) is 7.23. The second-order valence-corrected chi connectivity index (χ2v) is 6.33. The molecular formula is C20H16F4N4O. The van der Waals surface area contributed by atoms with Crippen LogP contribution in [-0.2, 0) is 6.42 Å². The van der Waals surface area contributed by atoms with Gasteiger partial charge in [-0.15, -0.1) is 13.2 Å². The van der Waals surface area contributed by atoms with Crippen LogP contribution in [0, 0.1) is 0 Å². The van der Waals surface area contributed by atoms with E-state index in [-0.39, 0.29) is 5.75 Å². The number of hydrogen-bond donors (Lipinski definition) is 0. The highest BCUT2D eigenvalue weighted by atomic mass is 19.4. The Bertz CT molecular complexity index is 1090. The van der Waals surface area contributed by atoms with E-state index in [0.717, 1.165) is 23.1 Å². The van der Waals surface area contributed by atoms with Crippen LogP contribution in [0.15, 0.2) is 65.6 Å². The summed E-state index contributed by atoms with van der Waals surface area (Å²) in [5.41, 5.74) is 2.06. The standard InChI is InChI=1S/C20H16F4N4O/c1-2-18-26-16-5-3-4-6-17(16)28(18)19-25-11-13(21)12-27(19)14-7-9-15(10-8-14)29-20(22,23)24/h3-12,19H,2H2,1H3. The summed E-state index contributed by atoms with van der Waals surface area (Å²) in [4.78, 5) is 10.5. The lowest BCUT2D eigenvalue weighted by Crippen LogP contribution is -2.30. The Hall–Kier alpha value is -3.36. The van der Waals surface area contributed by atoms with E-state index >= 15 is 0 Å². The fourth-order valence-electron chi connectivity index (χ4n) is 3.26. The Morgan fingerprint density at radius 2 is 1.79 bits per heavy atom. The van der Waals surface area contributed by atoms with Crippen molar-refractivity contribution in [2.45, 2.75) is 26.0 Å². The van der Waals surface area contributed by atoms with Crippen molar-refractivity contribution in [3.8, 4) is 5.75 Å². The lowest BCUT2D eigenvalue weighted by atomic mass is 10.2. The van der Waals surface area contributed by atoms with Crippen LogP contribution in [-0.4, -0.2) is 22.1 Å². The molecule has 29 heavy (non-hydrogen) atoms. The van der Waals surface area contributed by atoms with Crippen molar-refractivity contribution in [1.29, 1.82) is 0 Å². The molecule has 5 nitrogen and oxygen atoms in total. The zero-order chi connectivity index (χ0) is 20.6. The Kier molecular flexibility index (Phi) is 4.73. The van der Waals surface area contributed by atoms with Gasteiger partial charge in [0.25, 0.3) is 0 Å². The van der Waals surface area contributed by atoms with E-state index in [1.807, 2.05) is 35.8 Å². The molecule has 0 radical (unpaired) electrons. The third-order valence-corrected chi connectivity index (χ3v) is 4.43. The van der Waals surface area contributed by atoms with Gasteiger partial charge in [0.15, 0.2) is 5.83 Å². The number of anilines is 1. The van der Waals surface area contributed by atoms with Crippen LogP contribution >= 0.6 is 0 Å². The summed E-state index contributed by atoms with van der Waals surface area (Å²) in [6.07, 6.45) is -2.45. The van der Waals surface area contributed by atoms with Crippen LogP contribution in [0.25, 0.3) is 11.0 Å². The van der Waals surface area contributed by atoms with E-state index in [1.54, 1.807) is 4.90 Å². The zero-order valence-electron chi connectivity index (χ0n) is 15.3. The number of hydrogen-bond acceptors (Lipinski definition) is 4. The summed E-state index contributed by atoms with van der Waals surface area (Å²) in [7, 11) is 0. The van der Waals surface area contributed by atoms with Crippen LogP contribution in [0.1, 0.15) is 19.0 Å². The fraction of sp³-hybridized carbons (Fsp3) is 0.200. The maximum Gasteiger partial charge on any atom is 0.573 e. The summed E-state index contributed by atoms with van der Waals surface area (Å²) in [5, 5.41) is 0. The number of alkyl halides is 3. The monoisotopic (exact) mass is 404 g/mol. The molecule has 2 aromatic carbocycles. The van der Waals surface area contributed by atoms with Gasteiger partial charge in [-0.25, -0.2) is 14.4 Å². The molecule has 1 unspecified atom stereocenters. The van der Waals surface area contributed by atoms with Gasteiger partial charge >= 0.3 is 6.36 Å².